The Hall–Kier alpha value is -2.98. The van der Waals surface area contributed by atoms with Crippen LogP contribution in [0.1, 0.15) is 24.9 Å². The molecule has 0 spiro atoms. The van der Waals surface area contributed by atoms with E-state index in [9.17, 15) is 13.2 Å². The summed E-state index contributed by atoms with van der Waals surface area (Å²) in [6.45, 7) is 3.45. The fourth-order valence-corrected chi connectivity index (χ4v) is 4.96. The SMILES string of the molecule is CCN1CCC(Nc2nn3cc(-c4cccnc4)nc3s2)C1c1cc(F)c(F)c(F)c1. The Morgan fingerprint density at radius 3 is 2.71 bits per heavy atom. The Bertz CT molecular complexity index is 1170. The summed E-state index contributed by atoms with van der Waals surface area (Å²) in [5.41, 5.74) is 2.10. The van der Waals surface area contributed by atoms with Crippen LogP contribution >= 0.6 is 11.3 Å². The minimum absolute atomic E-state index is 0.127. The molecule has 10 heteroatoms. The largest absolute Gasteiger partial charge is 0.355 e. The van der Waals surface area contributed by atoms with E-state index < -0.39 is 17.5 Å². The van der Waals surface area contributed by atoms with Crippen molar-refractivity contribution in [2.45, 2.75) is 25.4 Å². The van der Waals surface area contributed by atoms with E-state index in [2.05, 4.69) is 25.3 Å². The van der Waals surface area contributed by atoms with Crippen LogP contribution in [0.5, 0.6) is 0 Å². The molecule has 0 amide bonds. The van der Waals surface area contributed by atoms with Gasteiger partial charge in [-0.3, -0.25) is 9.88 Å². The third kappa shape index (κ3) is 3.66. The lowest BCUT2D eigenvalue weighted by molar-refractivity contribution is 0.263. The second-order valence-electron chi connectivity index (χ2n) is 7.41. The standard InChI is InChI=1S/C21H19F3N6S/c1-2-29-7-5-16(19(29)13-8-14(22)18(24)15(23)9-13)26-20-28-30-11-17(27-21(30)31-20)12-4-3-6-25-10-12/h3-4,6,8-11,16,19H,2,5,7H2,1H3,(H,26,28). The molecule has 31 heavy (non-hydrogen) atoms. The third-order valence-corrected chi connectivity index (χ3v) is 6.42. The van der Waals surface area contributed by atoms with Gasteiger partial charge in [0, 0.05) is 30.5 Å². The summed E-state index contributed by atoms with van der Waals surface area (Å²) in [6.07, 6.45) is 6.05. The third-order valence-electron chi connectivity index (χ3n) is 5.57. The molecule has 0 saturated carbocycles. The minimum Gasteiger partial charge on any atom is -0.355 e. The van der Waals surface area contributed by atoms with E-state index in [0.29, 0.717) is 17.2 Å². The van der Waals surface area contributed by atoms with Crippen molar-refractivity contribution in [1.29, 1.82) is 0 Å². The van der Waals surface area contributed by atoms with Crippen molar-refractivity contribution in [3.63, 3.8) is 0 Å². The molecule has 1 saturated heterocycles. The number of aromatic nitrogens is 4. The molecule has 6 nitrogen and oxygen atoms in total. The Balaban J connectivity index is 1.41. The Labute approximate surface area is 180 Å². The highest BCUT2D eigenvalue weighted by Crippen LogP contribution is 2.36. The molecular formula is C21H19F3N6S. The maximum absolute atomic E-state index is 13.9. The van der Waals surface area contributed by atoms with Gasteiger partial charge in [0.1, 0.15) is 0 Å². The molecule has 2 atom stereocenters. The van der Waals surface area contributed by atoms with E-state index in [0.717, 1.165) is 41.3 Å². The number of benzene rings is 1. The lowest BCUT2D eigenvalue weighted by atomic mass is 9.99. The van der Waals surface area contributed by atoms with E-state index in [4.69, 9.17) is 0 Å². The van der Waals surface area contributed by atoms with Gasteiger partial charge < -0.3 is 5.32 Å². The smallest absolute Gasteiger partial charge is 0.214 e. The van der Waals surface area contributed by atoms with Gasteiger partial charge in [-0.05, 0) is 42.8 Å². The number of pyridine rings is 1. The number of nitrogens with zero attached hydrogens (tertiary/aromatic N) is 5. The first-order chi connectivity index (χ1) is 15.0. The molecule has 3 aromatic heterocycles. The van der Waals surface area contributed by atoms with E-state index >= 15 is 0 Å². The fourth-order valence-electron chi connectivity index (χ4n) is 4.12. The van der Waals surface area contributed by atoms with Crippen molar-refractivity contribution < 1.29 is 13.2 Å². The van der Waals surface area contributed by atoms with E-state index in [1.54, 1.807) is 16.9 Å². The number of likely N-dealkylation sites (tertiary alicyclic amines) is 1. The summed E-state index contributed by atoms with van der Waals surface area (Å²) >= 11 is 1.40. The molecule has 1 aromatic carbocycles. The first kappa shape index (κ1) is 20.0. The first-order valence-corrected chi connectivity index (χ1v) is 10.8. The normalized spacial score (nSPS) is 19.4. The first-order valence-electron chi connectivity index (χ1n) is 9.95. The van der Waals surface area contributed by atoms with Crippen molar-refractivity contribution in [2.75, 3.05) is 18.4 Å². The van der Waals surface area contributed by atoms with Crippen molar-refractivity contribution in [2.24, 2.45) is 0 Å². The zero-order valence-corrected chi connectivity index (χ0v) is 17.4. The highest BCUT2D eigenvalue weighted by Gasteiger charge is 2.36. The van der Waals surface area contributed by atoms with Gasteiger partial charge in [-0.1, -0.05) is 18.3 Å². The number of likely N-dealkylation sites (N-methyl/N-ethyl adjacent to an activating group) is 1. The molecule has 1 aliphatic rings. The molecule has 160 valence electrons. The Morgan fingerprint density at radius 1 is 1.23 bits per heavy atom. The van der Waals surface area contributed by atoms with Crippen molar-refractivity contribution in [3.05, 3.63) is 65.9 Å². The van der Waals surface area contributed by atoms with Gasteiger partial charge in [0.25, 0.3) is 0 Å². The summed E-state index contributed by atoms with van der Waals surface area (Å²) in [6, 6.07) is 5.53. The number of rotatable bonds is 5. The van der Waals surface area contributed by atoms with Crippen LogP contribution in [0.2, 0.25) is 0 Å². The van der Waals surface area contributed by atoms with Crippen molar-refractivity contribution in [1.82, 2.24) is 24.5 Å². The number of nitrogens with one attached hydrogen (secondary N) is 1. The average Bonchev–Trinajstić information content (AvgIpc) is 3.45. The molecule has 4 heterocycles. The molecule has 4 aromatic rings. The lowest BCUT2D eigenvalue weighted by Gasteiger charge is -2.28. The van der Waals surface area contributed by atoms with Gasteiger partial charge in [-0.2, -0.15) is 0 Å². The molecule has 1 fully saturated rings. The number of halogens is 3. The van der Waals surface area contributed by atoms with Crippen LogP contribution in [-0.2, 0) is 0 Å². The average molecular weight is 444 g/mol. The topological polar surface area (TPSA) is 58.4 Å². The van der Waals surface area contributed by atoms with Crippen LogP contribution in [0.3, 0.4) is 0 Å². The Kier molecular flexibility index (Phi) is 5.11. The maximum atomic E-state index is 13.9. The summed E-state index contributed by atoms with van der Waals surface area (Å²) in [5.74, 6) is -3.79. The Morgan fingerprint density at radius 2 is 2.03 bits per heavy atom. The maximum Gasteiger partial charge on any atom is 0.214 e. The van der Waals surface area contributed by atoms with Crippen molar-refractivity contribution in [3.8, 4) is 11.3 Å². The number of hydrogen-bond donors (Lipinski definition) is 1. The zero-order chi connectivity index (χ0) is 21.5. The second-order valence-corrected chi connectivity index (χ2v) is 8.37. The number of fused-ring (bicyclic) bond motifs is 1. The molecule has 5 rings (SSSR count). The van der Waals surface area contributed by atoms with Crippen molar-refractivity contribution >= 4 is 21.4 Å². The summed E-state index contributed by atoms with van der Waals surface area (Å²) < 4.78 is 42.9. The minimum atomic E-state index is -1.44. The highest BCUT2D eigenvalue weighted by molar-refractivity contribution is 7.20. The molecule has 0 aliphatic carbocycles. The highest BCUT2D eigenvalue weighted by atomic mass is 32.1. The number of hydrogen-bond acceptors (Lipinski definition) is 6. The van der Waals surface area contributed by atoms with E-state index in [1.165, 1.54) is 11.3 Å². The van der Waals surface area contributed by atoms with Gasteiger partial charge in [0.05, 0.1) is 17.9 Å². The van der Waals surface area contributed by atoms with E-state index in [-0.39, 0.29) is 12.1 Å². The molecule has 2 unspecified atom stereocenters. The fraction of sp³-hybridized carbons (Fsp3) is 0.286. The van der Waals surface area contributed by atoms with Crippen LogP contribution in [-0.4, -0.2) is 43.6 Å². The van der Waals surface area contributed by atoms with E-state index in [1.807, 2.05) is 25.3 Å². The van der Waals surface area contributed by atoms with Gasteiger partial charge in [0.15, 0.2) is 17.5 Å². The second kappa shape index (κ2) is 7.93. The quantitative estimate of drug-likeness (QED) is 0.459. The van der Waals surface area contributed by atoms with Crippen LogP contribution < -0.4 is 5.32 Å². The predicted octanol–water partition coefficient (Wildman–Crippen LogP) is 4.52. The van der Waals surface area contributed by atoms with Crippen LogP contribution in [0.15, 0.2) is 42.9 Å². The van der Waals surface area contributed by atoms with Crippen LogP contribution in [0.4, 0.5) is 18.3 Å². The van der Waals surface area contributed by atoms with Gasteiger partial charge >= 0.3 is 0 Å². The zero-order valence-electron chi connectivity index (χ0n) is 16.6. The molecule has 0 radical (unpaired) electrons. The predicted molar refractivity (Wildman–Crippen MR) is 112 cm³/mol. The molecule has 1 aliphatic heterocycles. The molecule has 0 bridgehead atoms. The summed E-state index contributed by atoms with van der Waals surface area (Å²) in [4.78, 5) is 11.6. The van der Waals surface area contributed by atoms with Gasteiger partial charge in [-0.15, -0.1) is 5.10 Å². The number of imidazole rings is 1. The molecular weight excluding hydrogens is 425 g/mol. The number of anilines is 1. The summed E-state index contributed by atoms with van der Waals surface area (Å²) in [7, 11) is 0. The molecule has 1 N–H and O–H groups in total. The lowest BCUT2D eigenvalue weighted by Crippen LogP contribution is -2.31. The van der Waals surface area contributed by atoms with Crippen LogP contribution in [0.25, 0.3) is 16.2 Å². The monoisotopic (exact) mass is 444 g/mol. The summed E-state index contributed by atoms with van der Waals surface area (Å²) in [5, 5.41) is 8.62. The van der Waals surface area contributed by atoms with Gasteiger partial charge in [-0.25, -0.2) is 22.7 Å². The van der Waals surface area contributed by atoms with Gasteiger partial charge in [0.2, 0.25) is 10.1 Å². The van der Waals surface area contributed by atoms with Crippen LogP contribution in [0, 0.1) is 17.5 Å².